The first-order valence-electron chi connectivity index (χ1n) is 9.16. The van der Waals surface area contributed by atoms with E-state index in [1.165, 1.54) is 16.2 Å². The zero-order chi connectivity index (χ0) is 19.0. The van der Waals surface area contributed by atoms with Crippen molar-refractivity contribution in [3.8, 4) is 0 Å². The molecule has 8 heteroatoms. The number of anilines is 1. The molecule has 1 aliphatic heterocycles. The smallest absolute Gasteiger partial charge is 0.407 e. The summed E-state index contributed by atoms with van der Waals surface area (Å²) in [6.45, 7) is 0.531. The lowest BCUT2D eigenvalue weighted by atomic mass is 9.99. The van der Waals surface area contributed by atoms with Crippen LogP contribution in [-0.4, -0.2) is 39.6 Å². The number of fused-ring (bicyclic) bond motifs is 1. The van der Waals surface area contributed by atoms with Gasteiger partial charge >= 0.3 is 6.09 Å². The van der Waals surface area contributed by atoms with E-state index in [0.717, 1.165) is 48.2 Å². The maximum Gasteiger partial charge on any atom is 0.407 e. The summed E-state index contributed by atoms with van der Waals surface area (Å²) < 4.78 is 0. The Bertz CT molecular complexity index is 882. The molecule has 7 nitrogen and oxygen atoms in total. The third-order valence-corrected chi connectivity index (χ3v) is 6.27. The van der Waals surface area contributed by atoms with Crippen molar-refractivity contribution in [3.05, 3.63) is 46.0 Å². The first kappa shape index (κ1) is 17.9. The van der Waals surface area contributed by atoms with Crippen molar-refractivity contribution >= 4 is 28.5 Å². The van der Waals surface area contributed by atoms with Crippen LogP contribution in [-0.2, 0) is 12.8 Å². The molecule has 1 aromatic heterocycles. The van der Waals surface area contributed by atoms with Gasteiger partial charge in [0.2, 0.25) is 0 Å². The molecule has 2 aliphatic rings. The van der Waals surface area contributed by atoms with Gasteiger partial charge in [0.15, 0.2) is 5.13 Å². The lowest BCUT2D eigenvalue weighted by Crippen LogP contribution is -2.28. The third kappa shape index (κ3) is 3.68. The summed E-state index contributed by atoms with van der Waals surface area (Å²) in [6, 6.07) is 7.18. The number of hydrogen-bond acceptors (Lipinski definition) is 5. The molecule has 1 fully saturated rings. The van der Waals surface area contributed by atoms with Gasteiger partial charge in [-0.2, -0.15) is 0 Å². The second-order valence-electron chi connectivity index (χ2n) is 7.11. The number of amides is 2. The van der Waals surface area contributed by atoms with E-state index in [-0.39, 0.29) is 18.0 Å². The van der Waals surface area contributed by atoms with E-state index in [9.17, 15) is 14.7 Å². The average molecular weight is 386 g/mol. The third-order valence-electron chi connectivity index (χ3n) is 5.23. The highest BCUT2D eigenvalue weighted by Crippen LogP contribution is 2.33. The fourth-order valence-electron chi connectivity index (χ4n) is 3.85. The second-order valence-corrected chi connectivity index (χ2v) is 8.19. The number of likely N-dealkylation sites (tertiary alicyclic amines) is 1. The molecule has 4 N–H and O–H groups in total. The Hall–Kier alpha value is -2.45. The molecule has 1 saturated heterocycles. The van der Waals surface area contributed by atoms with Gasteiger partial charge in [-0.25, -0.2) is 9.78 Å². The van der Waals surface area contributed by atoms with Gasteiger partial charge in [0.1, 0.15) is 0 Å². The number of rotatable bonds is 3. The maximum atomic E-state index is 12.7. The van der Waals surface area contributed by atoms with Crippen LogP contribution in [0, 0.1) is 0 Å². The van der Waals surface area contributed by atoms with Gasteiger partial charge < -0.3 is 15.7 Å². The number of hydrogen-bond donors (Lipinski definition) is 3. The number of nitrogens with zero attached hydrogens (tertiary/aromatic N) is 2. The van der Waals surface area contributed by atoms with E-state index in [4.69, 9.17) is 5.73 Å². The van der Waals surface area contributed by atoms with Gasteiger partial charge in [-0.1, -0.05) is 12.1 Å². The molecule has 27 heavy (non-hydrogen) atoms. The predicted molar refractivity (Wildman–Crippen MR) is 103 cm³/mol. The van der Waals surface area contributed by atoms with Crippen LogP contribution in [0.5, 0.6) is 0 Å². The highest BCUT2D eigenvalue weighted by atomic mass is 32.1. The number of benzene rings is 1. The van der Waals surface area contributed by atoms with Crippen molar-refractivity contribution < 1.29 is 14.7 Å². The number of nitrogens with one attached hydrogen (secondary N) is 1. The fourth-order valence-corrected chi connectivity index (χ4v) is 4.95. The van der Waals surface area contributed by atoms with Gasteiger partial charge in [0, 0.05) is 23.0 Å². The van der Waals surface area contributed by atoms with Crippen molar-refractivity contribution in [2.24, 2.45) is 5.73 Å². The minimum atomic E-state index is -0.918. The molecular formula is C19H22N4O3S. The molecule has 4 rings (SSSR count). The molecule has 1 aliphatic carbocycles. The monoisotopic (exact) mass is 386 g/mol. The zero-order valence-electron chi connectivity index (χ0n) is 14.9. The van der Waals surface area contributed by atoms with Gasteiger partial charge in [-0.05, 0) is 49.8 Å². The summed E-state index contributed by atoms with van der Waals surface area (Å²) in [5.41, 5.74) is 8.40. The van der Waals surface area contributed by atoms with Crippen LogP contribution < -0.4 is 11.1 Å². The maximum absolute atomic E-state index is 12.7. The predicted octanol–water partition coefficient (Wildman–Crippen LogP) is 3.03. The van der Waals surface area contributed by atoms with Gasteiger partial charge in [0.05, 0.1) is 11.7 Å². The Morgan fingerprint density at radius 1 is 1.33 bits per heavy atom. The van der Waals surface area contributed by atoms with E-state index in [1.54, 1.807) is 18.2 Å². The van der Waals surface area contributed by atoms with Gasteiger partial charge in [-0.15, -0.1) is 11.3 Å². The number of aromatic nitrogens is 1. The molecular weight excluding hydrogens is 364 g/mol. The lowest BCUT2D eigenvalue weighted by Gasteiger charge is -2.22. The Morgan fingerprint density at radius 3 is 3.00 bits per heavy atom. The normalized spacial score (nSPS) is 21.7. The summed E-state index contributed by atoms with van der Waals surface area (Å²) >= 11 is 1.49. The van der Waals surface area contributed by atoms with Crippen LogP contribution in [0.15, 0.2) is 24.3 Å². The molecule has 1 aromatic carbocycles. The van der Waals surface area contributed by atoms with E-state index in [0.29, 0.717) is 17.2 Å². The van der Waals surface area contributed by atoms with Crippen LogP contribution in [0.4, 0.5) is 9.93 Å². The Morgan fingerprint density at radius 2 is 2.19 bits per heavy atom. The van der Waals surface area contributed by atoms with E-state index >= 15 is 0 Å². The number of thiazole rings is 1. The van der Waals surface area contributed by atoms with Gasteiger partial charge in [-0.3, -0.25) is 10.1 Å². The molecule has 2 amide bonds. The molecule has 0 saturated carbocycles. The Balaban J connectivity index is 1.50. The number of carboxylic acid groups (broad SMARTS) is 1. The van der Waals surface area contributed by atoms with Crippen LogP contribution in [0.1, 0.15) is 51.8 Å². The minimum absolute atomic E-state index is 0.168. The SMILES string of the molecule is NC1CCc2nc(NC(=O)c3cccc(C4CCCN4C(=O)O)c3)sc2C1. The topological polar surface area (TPSA) is 109 Å². The van der Waals surface area contributed by atoms with Crippen molar-refractivity contribution in [3.63, 3.8) is 0 Å². The summed E-state index contributed by atoms with van der Waals surface area (Å²) in [7, 11) is 0. The minimum Gasteiger partial charge on any atom is -0.465 e. The summed E-state index contributed by atoms with van der Waals surface area (Å²) in [5.74, 6) is -0.230. The first-order chi connectivity index (χ1) is 13.0. The van der Waals surface area contributed by atoms with Crippen LogP contribution in [0.3, 0.4) is 0 Å². The Labute approximate surface area is 161 Å². The van der Waals surface area contributed by atoms with E-state index < -0.39 is 6.09 Å². The van der Waals surface area contributed by atoms with Crippen molar-refractivity contribution in [2.75, 3.05) is 11.9 Å². The molecule has 2 unspecified atom stereocenters. The quantitative estimate of drug-likeness (QED) is 0.751. The molecule has 0 spiro atoms. The van der Waals surface area contributed by atoms with E-state index in [2.05, 4.69) is 10.3 Å². The van der Waals surface area contributed by atoms with Crippen LogP contribution in [0.25, 0.3) is 0 Å². The standard InChI is InChI=1S/C19H22N4O3S/c20-13-6-7-14-16(10-13)27-18(21-14)22-17(24)12-4-1-3-11(9-12)15-5-2-8-23(15)19(25)26/h1,3-4,9,13,15H,2,5-8,10,20H2,(H,25,26)(H,21,22,24). The zero-order valence-corrected chi connectivity index (χ0v) is 15.7. The number of nitrogens with two attached hydrogens (primary N) is 1. The lowest BCUT2D eigenvalue weighted by molar-refractivity contribution is 0.102. The van der Waals surface area contributed by atoms with Crippen LogP contribution in [0.2, 0.25) is 0 Å². The number of carbonyl (C=O) groups is 2. The van der Waals surface area contributed by atoms with E-state index in [1.807, 2.05) is 6.07 Å². The largest absolute Gasteiger partial charge is 0.465 e. The number of carbonyl (C=O) groups excluding carboxylic acids is 1. The molecule has 0 bridgehead atoms. The van der Waals surface area contributed by atoms with Gasteiger partial charge in [0.25, 0.3) is 5.91 Å². The average Bonchev–Trinajstić information content (AvgIpc) is 3.28. The first-order valence-corrected chi connectivity index (χ1v) is 9.98. The van der Waals surface area contributed by atoms with Crippen LogP contribution >= 0.6 is 11.3 Å². The summed E-state index contributed by atoms with van der Waals surface area (Å²) in [5, 5.41) is 12.8. The molecule has 2 aromatic rings. The molecule has 0 radical (unpaired) electrons. The highest BCUT2D eigenvalue weighted by Gasteiger charge is 2.30. The summed E-state index contributed by atoms with van der Waals surface area (Å²) in [4.78, 5) is 31.2. The fraction of sp³-hybridized carbons (Fsp3) is 0.421. The molecule has 2 atom stereocenters. The molecule has 2 heterocycles. The highest BCUT2D eigenvalue weighted by molar-refractivity contribution is 7.15. The van der Waals surface area contributed by atoms with Crippen molar-refractivity contribution in [1.29, 1.82) is 0 Å². The summed E-state index contributed by atoms with van der Waals surface area (Å²) in [6.07, 6.45) is 3.28. The second kappa shape index (κ2) is 7.28. The number of aryl methyl sites for hydroxylation is 1. The molecule has 142 valence electrons. The van der Waals surface area contributed by atoms with Crippen molar-refractivity contribution in [2.45, 2.75) is 44.2 Å². The van der Waals surface area contributed by atoms with Crippen molar-refractivity contribution in [1.82, 2.24) is 9.88 Å². The Kier molecular flexibility index (Phi) is 4.84.